The molecular weight excluding hydrogens is 617 g/mol. The van der Waals surface area contributed by atoms with Crippen molar-refractivity contribution < 1.29 is 0 Å². The van der Waals surface area contributed by atoms with Crippen molar-refractivity contribution in [3.05, 3.63) is 193 Å². The molecule has 1 aromatic heterocycles. The van der Waals surface area contributed by atoms with Gasteiger partial charge in [0.05, 0.1) is 16.7 Å². The van der Waals surface area contributed by atoms with Crippen molar-refractivity contribution in [2.45, 2.75) is 19.3 Å². The van der Waals surface area contributed by atoms with Crippen LogP contribution in [0.3, 0.4) is 0 Å². The van der Waals surface area contributed by atoms with Crippen molar-refractivity contribution in [3.8, 4) is 27.9 Å². The summed E-state index contributed by atoms with van der Waals surface area (Å²) in [7, 11) is 0. The molecule has 0 fully saturated rings. The average Bonchev–Trinajstić information content (AvgIpc) is 3.64. The molecule has 1 heterocycles. The van der Waals surface area contributed by atoms with Gasteiger partial charge in [0.25, 0.3) is 0 Å². The average molecular weight is 653 g/mol. The lowest BCUT2D eigenvalue weighted by atomic mass is 9.82. The van der Waals surface area contributed by atoms with Gasteiger partial charge in [0, 0.05) is 38.8 Å². The first kappa shape index (κ1) is 29.5. The number of hydrogen-bond donors (Lipinski definition) is 0. The lowest BCUT2D eigenvalue weighted by molar-refractivity contribution is 0.661. The van der Waals surface area contributed by atoms with Crippen molar-refractivity contribution in [2.24, 2.45) is 0 Å². The topological polar surface area (TPSA) is 8.17 Å². The number of aromatic nitrogens is 1. The van der Waals surface area contributed by atoms with E-state index in [0.29, 0.717) is 0 Å². The molecular formula is C49H36N2. The van der Waals surface area contributed by atoms with Crippen molar-refractivity contribution >= 4 is 49.6 Å². The highest BCUT2D eigenvalue weighted by Gasteiger charge is 2.36. The van der Waals surface area contributed by atoms with Crippen LogP contribution in [0, 0.1) is 0 Å². The third-order valence-corrected chi connectivity index (χ3v) is 11.0. The summed E-state index contributed by atoms with van der Waals surface area (Å²) in [4.78, 5) is 2.44. The molecule has 242 valence electrons. The molecule has 0 amide bonds. The van der Waals surface area contributed by atoms with E-state index < -0.39 is 0 Å². The number of anilines is 3. The summed E-state index contributed by atoms with van der Waals surface area (Å²) in [5.74, 6) is 0. The van der Waals surface area contributed by atoms with Gasteiger partial charge in [-0.3, -0.25) is 0 Å². The molecule has 1 aliphatic carbocycles. The summed E-state index contributed by atoms with van der Waals surface area (Å²) in [5, 5.41) is 5.03. The molecule has 10 rings (SSSR count). The number of hydrogen-bond acceptors (Lipinski definition) is 1. The molecule has 0 unspecified atom stereocenters. The molecule has 2 nitrogen and oxygen atoms in total. The minimum atomic E-state index is -0.0356. The van der Waals surface area contributed by atoms with Crippen molar-refractivity contribution in [1.29, 1.82) is 0 Å². The maximum Gasteiger partial charge on any atom is 0.0561 e. The zero-order valence-corrected chi connectivity index (χ0v) is 28.7. The smallest absolute Gasteiger partial charge is 0.0561 e. The van der Waals surface area contributed by atoms with Crippen molar-refractivity contribution in [1.82, 2.24) is 4.57 Å². The maximum atomic E-state index is 2.44. The summed E-state index contributed by atoms with van der Waals surface area (Å²) >= 11 is 0. The zero-order valence-electron chi connectivity index (χ0n) is 28.7. The first-order chi connectivity index (χ1) is 25.1. The molecule has 0 spiro atoms. The predicted molar refractivity (Wildman–Crippen MR) is 216 cm³/mol. The number of nitrogens with zero attached hydrogens (tertiary/aromatic N) is 2. The van der Waals surface area contributed by atoms with Crippen LogP contribution in [0.4, 0.5) is 17.1 Å². The van der Waals surface area contributed by atoms with Crippen LogP contribution in [0.25, 0.3) is 60.5 Å². The minimum Gasteiger partial charge on any atom is -0.310 e. The van der Waals surface area contributed by atoms with Gasteiger partial charge in [-0.2, -0.15) is 0 Å². The Bertz CT molecular complexity index is 2770. The molecule has 51 heavy (non-hydrogen) atoms. The van der Waals surface area contributed by atoms with Crippen molar-refractivity contribution in [3.63, 3.8) is 0 Å². The Kier molecular flexibility index (Phi) is 6.56. The van der Waals surface area contributed by atoms with E-state index in [9.17, 15) is 0 Å². The van der Waals surface area contributed by atoms with E-state index >= 15 is 0 Å². The maximum absolute atomic E-state index is 2.44. The van der Waals surface area contributed by atoms with Crippen LogP contribution in [0.5, 0.6) is 0 Å². The summed E-state index contributed by atoms with van der Waals surface area (Å²) in [6, 6.07) is 66.6. The van der Waals surface area contributed by atoms with Gasteiger partial charge in [0.15, 0.2) is 0 Å². The molecule has 0 radical (unpaired) electrons. The third-order valence-electron chi connectivity index (χ3n) is 11.0. The highest BCUT2D eigenvalue weighted by molar-refractivity contribution is 6.11. The Balaban J connectivity index is 1.24. The Hall–Kier alpha value is -6.38. The van der Waals surface area contributed by atoms with E-state index in [4.69, 9.17) is 0 Å². The Morgan fingerprint density at radius 2 is 1.08 bits per heavy atom. The molecule has 0 aliphatic heterocycles. The van der Waals surface area contributed by atoms with E-state index in [1.807, 2.05) is 0 Å². The SMILES string of the molecule is CC1(C)c2ccccc2-c2c1ccc1cc(N(c3ccc4c5ccccc5n(-c5ccccc5)c4c3)c3ccccc3-c3ccccc3)ccc21. The van der Waals surface area contributed by atoms with Gasteiger partial charge in [0.1, 0.15) is 0 Å². The molecule has 1 aliphatic rings. The molecule has 9 aromatic rings. The van der Waals surface area contributed by atoms with E-state index in [1.165, 1.54) is 66.0 Å². The summed E-state index contributed by atoms with van der Waals surface area (Å²) in [6.45, 7) is 4.70. The highest BCUT2D eigenvalue weighted by atomic mass is 15.1. The van der Waals surface area contributed by atoms with Gasteiger partial charge in [-0.25, -0.2) is 0 Å². The fraction of sp³-hybridized carbons (Fsp3) is 0.0612. The van der Waals surface area contributed by atoms with Gasteiger partial charge in [0.2, 0.25) is 0 Å². The normalized spacial score (nSPS) is 13.1. The monoisotopic (exact) mass is 652 g/mol. The minimum absolute atomic E-state index is 0.0356. The Morgan fingerprint density at radius 1 is 0.451 bits per heavy atom. The second-order valence-electron chi connectivity index (χ2n) is 14.2. The van der Waals surface area contributed by atoms with Crippen LogP contribution >= 0.6 is 0 Å². The van der Waals surface area contributed by atoms with Gasteiger partial charge >= 0.3 is 0 Å². The summed E-state index contributed by atoms with van der Waals surface area (Å²) < 4.78 is 2.40. The number of benzene rings is 8. The quantitative estimate of drug-likeness (QED) is 0.180. The second-order valence-corrected chi connectivity index (χ2v) is 14.2. The largest absolute Gasteiger partial charge is 0.310 e. The molecule has 2 heteroatoms. The van der Waals surface area contributed by atoms with Gasteiger partial charge in [-0.15, -0.1) is 0 Å². The first-order valence-corrected chi connectivity index (χ1v) is 17.8. The summed E-state index contributed by atoms with van der Waals surface area (Å²) in [5.41, 5.74) is 14.8. The Morgan fingerprint density at radius 3 is 1.90 bits per heavy atom. The van der Waals surface area contributed by atoms with Gasteiger partial charge in [-0.05, 0) is 87.1 Å². The van der Waals surface area contributed by atoms with Gasteiger partial charge in [-0.1, -0.05) is 147 Å². The number of fused-ring (bicyclic) bond motifs is 8. The molecule has 0 bridgehead atoms. The summed E-state index contributed by atoms with van der Waals surface area (Å²) in [6.07, 6.45) is 0. The third kappa shape index (κ3) is 4.50. The van der Waals surface area contributed by atoms with Crippen LogP contribution in [0.2, 0.25) is 0 Å². The van der Waals surface area contributed by atoms with E-state index in [0.717, 1.165) is 22.7 Å². The number of rotatable bonds is 5. The van der Waals surface area contributed by atoms with Gasteiger partial charge < -0.3 is 9.47 Å². The Labute approximate surface area is 298 Å². The first-order valence-electron chi connectivity index (χ1n) is 17.8. The fourth-order valence-corrected chi connectivity index (χ4v) is 8.57. The van der Waals surface area contributed by atoms with Crippen molar-refractivity contribution in [2.75, 3.05) is 4.90 Å². The second kappa shape index (κ2) is 11.3. The lowest BCUT2D eigenvalue weighted by Crippen LogP contribution is -2.14. The van der Waals surface area contributed by atoms with E-state index in [2.05, 4.69) is 205 Å². The number of para-hydroxylation sites is 3. The molecule has 0 saturated heterocycles. The highest BCUT2D eigenvalue weighted by Crippen LogP contribution is 2.52. The van der Waals surface area contributed by atoms with Crippen LogP contribution in [0.15, 0.2) is 182 Å². The van der Waals surface area contributed by atoms with Crippen LogP contribution in [0.1, 0.15) is 25.0 Å². The lowest BCUT2D eigenvalue weighted by Gasteiger charge is -2.28. The predicted octanol–water partition coefficient (Wildman–Crippen LogP) is 13.4. The standard InChI is InChI=1S/C49H36N2/c1-49(2)43-22-12-9-21-42(43)48-39-28-26-36(31-34(39)25-30-44(48)49)50(45-23-13-10-19-38(45)33-15-5-3-6-16-33)37-27-29-41-40-20-11-14-24-46(40)51(47(41)32-37)35-17-7-4-8-18-35/h3-32H,1-2H3. The van der Waals surface area contributed by atoms with Crippen LogP contribution < -0.4 is 4.90 Å². The molecule has 0 N–H and O–H groups in total. The molecule has 0 atom stereocenters. The fourth-order valence-electron chi connectivity index (χ4n) is 8.57. The van der Waals surface area contributed by atoms with Crippen LogP contribution in [-0.4, -0.2) is 4.57 Å². The molecule has 8 aromatic carbocycles. The van der Waals surface area contributed by atoms with Crippen LogP contribution in [-0.2, 0) is 5.41 Å². The zero-order chi connectivity index (χ0) is 34.1. The van der Waals surface area contributed by atoms with E-state index in [-0.39, 0.29) is 5.41 Å². The molecule has 0 saturated carbocycles. The van der Waals surface area contributed by atoms with E-state index in [1.54, 1.807) is 0 Å².